The van der Waals surface area contributed by atoms with Crippen LogP contribution in [0.3, 0.4) is 0 Å². The molecule has 1 aromatic rings. The summed E-state index contributed by atoms with van der Waals surface area (Å²) >= 11 is 0. The fraction of sp³-hybridized carbons (Fsp3) is 0.538. The third-order valence-corrected chi connectivity index (χ3v) is 2.86. The van der Waals surface area contributed by atoms with Crippen LogP contribution in [-0.2, 0) is 10.2 Å². The Morgan fingerprint density at radius 1 is 1.53 bits per heavy atom. The highest BCUT2D eigenvalue weighted by Gasteiger charge is 2.23. The van der Waals surface area contributed by atoms with E-state index in [-0.39, 0.29) is 17.2 Å². The molecule has 1 unspecified atom stereocenters. The predicted octanol–water partition coefficient (Wildman–Crippen LogP) is 1.07. The number of nitrogens with one attached hydrogen (secondary N) is 1. The van der Waals surface area contributed by atoms with Crippen molar-refractivity contribution in [2.45, 2.75) is 26.2 Å². The van der Waals surface area contributed by atoms with Gasteiger partial charge in [0.15, 0.2) is 0 Å². The van der Waals surface area contributed by atoms with Gasteiger partial charge >= 0.3 is 0 Å². The Labute approximate surface area is 103 Å². The standard InChI is InChI=1S/C13H21N3O/c1-10(8-14)12(17)16-9-13(2,3)11-6-4-5-7-15-11/h4-7,10H,8-9,14H2,1-3H3,(H,16,17). The number of carbonyl (C=O) groups is 1. The van der Waals surface area contributed by atoms with Crippen molar-refractivity contribution in [2.75, 3.05) is 13.1 Å². The minimum Gasteiger partial charge on any atom is -0.355 e. The summed E-state index contributed by atoms with van der Waals surface area (Å²) in [6.07, 6.45) is 1.77. The van der Waals surface area contributed by atoms with Crippen LogP contribution in [0.2, 0.25) is 0 Å². The molecule has 0 aliphatic rings. The number of nitrogens with zero attached hydrogens (tertiary/aromatic N) is 1. The van der Waals surface area contributed by atoms with E-state index in [1.54, 1.807) is 6.20 Å². The van der Waals surface area contributed by atoms with Crippen LogP contribution in [0, 0.1) is 5.92 Å². The summed E-state index contributed by atoms with van der Waals surface area (Å²) in [6.45, 7) is 6.87. The molecule has 1 atom stereocenters. The van der Waals surface area contributed by atoms with Crippen LogP contribution >= 0.6 is 0 Å². The zero-order valence-corrected chi connectivity index (χ0v) is 10.7. The maximum absolute atomic E-state index is 11.6. The van der Waals surface area contributed by atoms with Gasteiger partial charge in [0, 0.05) is 36.3 Å². The summed E-state index contributed by atoms with van der Waals surface area (Å²) in [5, 5.41) is 2.91. The van der Waals surface area contributed by atoms with Crippen LogP contribution in [0.25, 0.3) is 0 Å². The minimum atomic E-state index is -0.175. The zero-order valence-electron chi connectivity index (χ0n) is 10.7. The van der Waals surface area contributed by atoms with Crippen molar-refractivity contribution in [2.24, 2.45) is 11.7 Å². The lowest BCUT2D eigenvalue weighted by atomic mass is 9.88. The lowest BCUT2D eigenvalue weighted by molar-refractivity contribution is -0.124. The van der Waals surface area contributed by atoms with Crippen LogP contribution in [0.1, 0.15) is 26.5 Å². The second-order valence-electron chi connectivity index (χ2n) is 4.95. The fourth-order valence-electron chi connectivity index (χ4n) is 1.44. The van der Waals surface area contributed by atoms with Gasteiger partial charge in [-0.25, -0.2) is 0 Å². The molecule has 0 spiro atoms. The molecule has 4 heteroatoms. The normalized spacial score (nSPS) is 13.2. The van der Waals surface area contributed by atoms with Gasteiger partial charge in [-0.05, 0) is 12.1 Å². The third kappa shape index (κ3) is 3.82. The Kier molecular flexibility index (Phi) is 4.63. The monoisotopic (exact) mass is 235 g/mol. The number of hydrogen-bond donors (Lipinski definition) is 2. The molecule has 0 aromatic carbocycles. The maximum atomic E-state index is 11.6. The van der Waals surface area contributed by atoms with Crippen LogP contribution in [-0.4, -0.2) is 24.0 Å². The maximum Gasteiger partial charge on any atom is 0.224 e. The Balaban J connectivity index is 2.59. The Hall–Kier alpha value is -1.42. The summed E-state index contributed by atoms with van der Waals surface area (Å²) in [7, 11) is 0. The van der Waals surface area contributed by atoms with Gasteiger partial charge in [-0.3, -0.25) is 9.78 Å². The molecule has 1 rings (SSSR count). The molecule has 0 saturated heterocycles. The molecule has 1 heterocycles. The third-order valence-electron chi connectivity index (χ3n) is 2.86. The van der Waals surface area contributed by atoms with Crippen LogP contribution in [0.15, 0.2) is 24.4 Å². The molecular weight excluding hydrogens is 214 g/mol. The van der Waals surface area contributed by atoms with Crippen molar-refractivity contribution in [3.63, 3.8) is 0 Å². The highest BCUT2D eigenvalue weighted by atomic mass is 16.1. The number of amides is 1. The number of nitrogens with two attached hydrogens (primary N) is 1. The molecule has 0 bridgehead atoms. The molecule has 1 amide bonds. The number of hydrogen-bond acceptors (Lipinski definition) is 3. The first-order valence-corrected chi connectivity index (χ1v) is 5.86. The minimum absolute atomic E-state index is 0.00324. The first-order valence-electron chi connectivity index (χ1n) is 5.86. The van der Waals surface area contributed by atoms with Crippen LogP contribution in [0.4, 0.5) is 0 Å². The van der Waals surface area contributed by atoms with E-state index in [1.165, 1.54) is 0 Å². The predicted molar refractivity (Wildman–Crippen MR) is 68.5 cm³/mol. The molecule has 0 saturated carbocycles. The molecule has 3 N–H and O–H groups in total. The first-order chi connectivity index (χ1) is 7.97. The summed E-state index contributed by atoms with van der Waals surface area (Å²) in [6, 6.07) is 5.81. The van der Waals surface area contributed by atoms with Crippen molar-refractivity contribution >= 4 is 5.91 Å². The molecule has 94 valence electrons. The molecule has 1 aromatic heterocycles. The van der Waals surface area contributed by atoms with E-state index < -0.39 is 0 Å². The van der Waals surface area contributed by atoms with Gasteiger partial charge in [0.1, 0.15) is 0 Å². The number of rotatable bonds is 5. The van der Waals surface area contributed by atoms with Gasteiger partial charge in [0.25, 0.3) is 0 Å². The average Bonchev–Trinajstić information content (AvgIpc) is 2.36. The van der Waals surface area contributed by atoms with Gasteiger partial charge in [0.05, 0.1) is 0 Å². The van der Waals surface area contributed by atoms with Crippen molar-refractivity contribution in [1.82, 2.24) is 10.3 Å². The quantitative estimate of drug-likeness (QED) is 0.802. The van der Waals surface area contributed by atoms with Crippen LogP contribution < -0.4 is 11.1 Å². The molecule has 0 aliphatic carbocycles. The molecule has 0 fully saturated rings. The molecule has 0 aliphatic heterocycles. The largest absolute Gasteiger partial charge is 0.355 e. The van der Waals surface area contributed by atoms with Crippen molar-refractivity contribution in [1.29, 1.82) is 0 Å². The number of aromatic nitrogens is 1. The molecule has 17 heavy (non-hydrogen) atoms. The van der Waals surface area contributed by atoms with E-state index in [0.717, 1.165) is 5.69 Å². The van der Waals surface area contributed by atoms with Crippen molar-refractivity contribution in [3.8, 4) is 0 Å². The van der Waals surface area contributed by atoms with E-state index >= 15 is 0 Å². The van der Waals surface area contributed by atoms with Gasteiger partial charge < -0.3 is 11.1 Å². The Morgan fingerprint density at radius 2 is 2.24 bits per heavy atom. The van der Waals surface area contributed by atoms with E-state index in [4.69, 9.17) is 5.73 Å². The lowest BCUT2D eigenvalue weighted by Crippen LogP contribution is -2.41. The molecule has 4 nitrogen and oxygen atoms in total. The second kappa shape index (κ2) is 5.77. The second-order valence-corrected chi connectivity index (χ2v) is 4.95. The van der Waals surface area contributed by atoms with Crippen molar-refractivity contribution < 1.29 is 4.79 Å². The molecule has 0 radical (unpaired) electrons. The van der Waals surface area contributed by atoms with E-state index in [2.05, 4.69) is 24.1 Å². The Morgan fingerprint density at radius 3 is 2.76 bits per heavy atom. The number of pyridine rings is 1. The summed E-state index contributed by atoms with van der Waals surface area (Å²) < 4.78 is 0. The van der Waals surface area contributed by atoms with Crippen LogP contribution in [0.5, 0.6) is 0 Å². The smallest absolute Gasteiger partial charge is 0.224 e. The van der Waals surface area contributed by atoms with Gasteiger partial charge in [-0.2, -0.15) is 0 Å². The van der Waals surface area contributed by atoms with E-state index in [9.17, 15) is 4.79 Å². The SMILES string of the molecule is CC(CN)C(=O)NCC(C)(C)c1ccccn1. The highest BCUT2D eigenvalue weighted by molar-refractivity contribution is 5.78. The topological polar surface area (TPSA) is 68.0 Å². The highest BCUT2D eigenvalue weighted by Crippen LogP contribution is 2.19. The summed E-state index contributed by atoms with van der Waals surface area (Å²) in [4.78, 5) is 16.0. The number of carbonyl (C=O) groups excluding carboxylic acids is 1. The van der Waals surface area contributed by atoms with Gasteiger partial charge in [-0.15, -0.1) is 0 Å². The first kappa shape index (κ1) is 13.6. The Bertz CT molecular complexity index is 362. The molecular formula is C13H21N3O. The van der Waals surface area contributed by atoms with E-state index in [0.29, 0.717) is 13.1 Å². The lowest BCUT2D eigenvalue weighted by Gasteiger charge is -2.25. The fourth-order valence-corrected chi connectivity index (χ4v) is 1.44. The van der Waals surface area contributed by atoms with Crippen molar-refractivity contribution in [3.05, 3.63) is 30.1 Å². The summed E-state index contributed by atoms with van der Waals surface area (Å²) in [5.41, 5.74) is 6.25. The van der Waals surface area contributed by atoms with Gasteiger partial charge in [-0.1, -0.05) is 26.8 Å². The zero-order chi connectivity index (χ0) is 12.9. The average molecular weight is 235 g/mol. The van der Waals surface area contributed by atoms with E-state index in [1.807, 2.05) is 25.1 Å². The van der Waals surface area contributed by atoms with Gasteiger partial charge in [0.2, 0.25) is 5.91 Å². The summed E-state index contributed by atoms with van der Waals surface area (Å²) in [5.74, 6) is -0.147.